The second-order valence-electron chi connectivity index (χ2n) is 3.19. The molecule has 0 bridgehead atoms. The summed E-state index contributed by atoms with van der Waals surface area (Å²) in [5.74, 6) is 0. The van der Waals surface area contributed by atoms with E-state index in [2.05, 4.69) is 15.1 Å². The van der Waals surface area contributed by atoms with Crippen LogP contribution >= 0.6 is 0 Å². The van der Waals surface area contributed by atoms with E-state index in [0.29, 0.717) is 0 Å². The molecule has 3 rings (SSSR count). The first kappa shape index (κ1) is 8.11. The number of hydrogen-bond acceptors (Lipinski definition) is 3. The monoisotopic (exact) mass is 196 g/mol. The number of fused-ring (bicyclic) bond motifs is 1. The lowest BCUT2D eigenvalue weighted by molar-refractivity contribution is 0.941. The molecule has 72 valence electrons. The quantitative estimate of drug-likeness (QED) is 0.596. The third-order valence-corrected chi connectivity index (χ3v) is 2.22. The predicted molar refractivity (Wildman–Crippen MR) is 56.2 cm³/mol. The fraction of sp³-hybridized carbons (Fsp3) is 0. The van der Waals surface area contributed by atoms with Gasteiger partial charge >= 0.3 is 0 Å². The summed E-state index contributed by atoms with van der Waals surface area (Å²) in [6, 6.07) is 7.69. The Balaban J connectivity index is 2.19. The molecule has 0 spiro atoms. The van der Waals surface area contributed by atoms with Crippen LogP contribution in [0.25, 0.3) is 16.9 Å². The summed E-state index contributed by atoms with van der Waals surface area (Å²) in [6.45, 7) is 0. The minimum atomic E-state index is 0.844. The average molecular weight is 196 g/mol. The van der Waals surface area contributed by atoms with Crippen molar-refractivity contribution in [3.8, 4) is 11.3 Å². The van der Waals surface area contributed by atoms with Gasteiger partial charge in [-0.3, -0.25) is 4.98 Å². The van der Waals surface area contributed by atoms with Crippen molar-refractivity contribution in [1.82, 2.24) is 19.6 Å². The van der Waals surface area contributed by atoms with E-state index in [0.717, 1.165) is 16.9 Å². The summed E-state index contributed by atoms with van der Waals surface area (Å²) < 4.78 is 1.74. The highest BCUT2D eigenvalue weighted by Crippen LogP contribution is 2.15. The lowest BCUT2D eigenvalue weighted by atomic mass is 10.2. The minimum Gasteiger partial charge on any atom is -0.264 e. The molecular weight excluding hydrogens is 188 g/mol. The number of aromatic nitrogens is 4. The van der Waals surface area contributed by atoms with Gasteiger partial charge < -0.3 is 0 Å². The topological polar surface area (TPSA) is 43.1 Å². The summed E-state index contributed by atoms with van der Waals surface area (Å²) in [6.07, 6.45) is 7.18. The number of rotatable bonds is 1. The van der Waals surface area contributed by atoms with Crippen molar-refractivity contribution < 1.29 is 0 Å². The molecule has 0 amide bonds. The highest BCUT2D eigenvalue weighted by atomic mass is 15.2. The summed E-state index contributed by atoms with van der Waals surface area (Å²) in [5.41, 5.74) is 2.77. The van der Waals surface area contributed by atoms with Crippen molar-refractivity contribution in [2.45, 2.75) is 0 Å². The van der Waals surface area contributed by atoms with Gasteiger partial charge in [0.2, 0.25) is 0 Å². The average Bonchev–Trinajstić information content (AvgIpc) is 2.77. The number of hydrogen-bond donors (Lipinski definition) is 0. The van der Waals surface area contributed by atoms with Crippen molar-refractivity contribution in [1.29, 1.82) is 0 Å². The van der Waals surface area contributed by atoms with Crippen molar-refractivity contribution >= 4 is 5.65 Å². The molecule has 0 atom stereocenters. The van der Waals surface area contributed by atoms with Crippen LogP contribution in [0, 0.1) is 0 Å². The van der Waals surface area contributed by atoms with E-state index in [1.54, 1.807) is 23.1 Å². The lowest BCUT2D eigenvalue weighted by Crippen LogP contribution is -1.91. The van der Waals surface area contributed by atoms with Crippen LogP contribution in [0.2, 0.25) is 0 Å². The van der Waals surface area contributed by atoms with Gasteiger partial charge in [-0.2, -0.15) is 5.10 Å². The Kier molecular flexibility index (Phi) is 1.71. The fourth-order valence-electron chi connectivity index (χ4n) is 1.49. The smallest absolute Gasteiger partial charge is 0.155 e. The Morgan fingerprint density at radius 3 is 2.93 bits per heavy atom. The van der Waals surface area contributed by atoms with Gasteiger partial charge in [0.1, 0.15) is 0 Å². The summed E-state index contributed by atoms with van der Waals surface area (Å²) in [4.78, 5) is 8.53. The first-order valence-electron chi connectivity index (χ1n) is 4.64. The summed E-state index contributed by atoms with van der Waals surface area (Å²) >= 11 is 0. The normalized spacial score (nSPS) is 10.7. The van der Waals surface area contributed by atoms with Crippen LogP contribution in [0.1, 0.15) is 0 Å². The molecule has 3 aromatic rings. The van der Waals surface area contributed by atoms with E-state index in [1.807, 2.05) is 30.5 Å². The van der Waals surface area contributed by atoms with Crippen molar-refractivity contribution in [3.63, 3.8) is 0 Å². The Morgan fingerprint density at radius 2 is 2.07 bits per heavy atom. The molecule has 15 heavy (non-hydrogen) atoms. The van der Waals surface area contributed by atoms with Gasteiger partial charge in [-0.25, -0.2) is 9.50 Å². The summed E-state index contributed by atoms with van der Waals surface area (Å²) in [5, 5.41) is 4.09. The van der Waals surface area contributed by atoms with Crippen LogP contribution in [0.15, 0.2) is 49.1 Å². The molecule has 3 heterocycles. The molecule has 0 radical (unpaired) electrons. The lowest BCUT2D eigenvalue weighted by Gasteiger charge is -1.99. The Labute approximate surface area is 86.2 Å². The minimum absolute atomic E-state index is 0.844. The van der Waals surface area contributed by atoms with E-state index >= 15 is 0 Å². The SMILES string of the molecule is c1cncc(-c2ccn3nccc3n2)c1. The Hall–Kier alpha value is -2.23. The zero-order valence-electron chi connectivity index (χ0n) is 7.91. The third-order valence-electron chi connectivity index (χ3n) is 2.22. The van der Waals surface area contributed by atoms with Crippen LogP contribution in [-0.4, -0.2) is 19.6 Å². The van der Waals surface area contributed by atoms with Gasteiger partial charge in [-0.15, -0.1) is 0 Å². The van der Waals surface area contributed by atoms with E-state index < -0.39 is 0 Å². The Morgan fingerprint density at radius 1 is 1.07 bits per heavy atom. The van der Waals surface area contributed by atoms with Crippen LogP contribution < -0.4 is 0 Å². The van der Waals surface area contributed by atoms with E-state index in [4.69, 9.17) is 0 Å². The largest absolute Gasteiger partial charge is 0.264 e. The van der Waals surface area contributed by atoms with Gasteiger partial charge in [-0.05, 0) is 18.2 Å². The Bertz CT molecular complexity index is 586. The van der Waals surface area contributed by atoms with Crippen molar-refractivity contribution in [2.24, 2.45) is 0 Å². The maximum atomic E-state index is 4.47. The second-order valence-corrected chi connectivity index (χ2v) is 3.19. The number of nitrogens with zero attached hydrogens (tertiary/aromatic N) is 4. The second kappa shape index (κ2) is 3.16. The summed E-state index contributed by atoms with van der Waals surface area (Å²) in [7, 11) is 0. The molecule has 0 saturated carbocycles. The molecule has 0 fully saturated rings. The van der Waals surface area contributed by atoms with Crippen LogP contribution in [0.4, 0.5) is 0 Å². The van der Waals surface area contributed by atoms with Gasteiger partial charge in [0, 0.05) is 30.2 Å². The van der Waals surface area contributed by atoms with Crippen molar-refractivity contribution in [2.75, 3.05) is 0 Å². The van der Waals surface area contributed by atoms with Gasteiger partial charge in [0.25, 0.3) is 0 Å². The molecule has 3 aromatic heterocycles. The molecule has 0 aliphatic heterocycles. The van der Waals surface area contributed by atoms with E-state index in [-0.39, 0.29) is 0 Å². The molecule has 4 heteroatoms. The molecule has 0 unspecified atom stereocenters. The first-order chi connectivity index (χ1) is 7.43. The van der Waals surface area contributed by atoms with Crippen LogP contribution in [0.3, 0.4) is 0 Å². The standard InChI is InChI=1S/C11H8N4/c1-2-9(8-12-5-1)10-4-7-15-11(14-10)3-6-13-15/h1-8H. The molecule has 4 nitrogen and oxygen atoms in total. The molecule has 0 N–H and O–H groups in total. The molecule has 0 saturated heterocycles. The van der Waals surface area contributed by atoms with Crippen molar-refractivity contribution in [3.05, 3.63) is 49.1 Å². The predicted octanol–water partition coefficient (Wildman–Crippen LogP) is 1.79. The van der Waals surface area contributed by atoms with E-state index in [9.17, 15) is 0 Å². The van der Waals surface area contributed by atoms with Crippen LogP contribution in [0.5, 0.6) is 0 Å². The maximum Gasteiger partial charge on any atom is 0.155 e. The highest BCUT2D eigenvalue weighted by molar-refractivity contribution is 5.59. The molecule has 0 aliphatic carbocycles. The van der Waals surface area contributed by atoms with Gasteiger partial charge in [-0.1, -0.05) is 0 Å². The van der Waals surface area contributed by atoms with Crippen LogP contribution in [-0.2, 0) is 0 Å². The van der Waals surface area contributed by atoms with E-state index in [1.165, 1.54) is 0 Å². The van der Waals surface area contributed by atoms with Gasteiger partial charge in [0.15, 0.2) is 5.65 Å². The molecule has 0 aromatic carbocycles. The third kappa shape index (κ3) is 1.36. The number of pyridine rings is 1. The fourth-order valence-corrected chi connectivity index (χ4v) is 1.49. The maximum absolute atomic E-state index is 4.47. The highest BCUT2D eigenvalue weighted by Gasteiger charge is 2.00. The first-order valence-corrected chi connectivity index (χ1v) is 4.64. The zero-order valence-corrected chi connectivity index (χ0v) is 7.91. The zero-order chi connectivity index (χ0) is 10.1. The molecular formula is C11H8N4. The van der Waals surface area contributed by atoms with Gasteiger partial charge in [0.05, 0.1) is 11.9 Å². The molecule has 0 aliphatic rings.